The number of aromatic nitrogens is 3. The van der Waals surface area contributed by atoms with Crippen molar-refractivity contribution < 1.29 is 8.42 Å². The maximum atomic E-state index is 13.4. The van der Waals surface area contributed by atoms with Crippen LogP contribution < -0.4 is 10.3 Å². The first-order chi connectivity index (χ1) is 16.4. The van der Waals surface area contributed by atoms with Gasteiger partial charge in [0.05, 0.1) is 5.39 Å². The van der Waals surface area contributed by atoms with Crippen LogP contribution in [0.1, 0.15) is 33.1 Å². The van der Waals surface area contributed by atoms with Crippen LogP contribution in [0.5, 0.6) is 0 Å². The Morgan fingerprint density at radius 1 is 1.00 bits per heavy atom. The van der Waals surface area contributed by atoms with Gasteiger partial charge in [-0.3, -0.25) is 14.3 Å². The minimum Gasteiger partial charge on any atom is -0.354 e. The van der Waals surface area contributed by atoms with Gasteiger partial charge < -0.3 is 4.90 Å². The Morgan fingerprint density at radius 3 is 2.38 bits per heavy atom. The predicted molar refractivity (Wildman–Crippen MR) is 135 cm³/mol. The van der Waals surface area contributed by atoms with Gasteiger partial charge in [-0.2, -0.15) is 4.31 Å². The number of piperidine rings is 1. The van der Waals surface area contributed by atoms with Gasteiger partial charge >= 0.3 is 0 Å². The average Bonchev–Trinajstić information content (AvgIpc) is 3.39. The van der Waals surface area contributed by atoms with E-state index in [1.807, 2.05) is 11.4 Å². The number of sulfonamides is 1. The molecule has 0 radical (unpaired) electrons. The Bertz CT molecular complexity index is 1320. The molecule has 182 valence electrons. The number of nitrogens with zero attached hydrogens (tertiary/aromatic N) is 6. The molecule has 2 fully saturated rings. The summed E-state index contributed by atoms with van der Waals surface area (Å²) in [5.74, 6) is 0.784. The first kappa shape index (κ1) is 23.4. The van der Waals surface area contributed by atoms with E-state index in [-0.39, 0.29) is 10.3 Å². The molecule has 0 atom stereocenters. The monoisotopic (exact) mass is 502 g/mol. The second-order valence-electron chi connectivity index (χ2n) is 9.13. The largest absolute Gasteiger partial charge is 0.354 e. The first-order valence-electron chi connectivity index (χ1n) is 11.8. The summed E-state index contributed by atoms with van der Waals surface area (Å²) in [6.45, 7) is 8.87. The third-order valence-electron chi connectivity index (χ3n) is 6.73. The molecular formula is C23H30N6O3S2. The fourth-order valence-corrected chi connectivity index (χ4v) is 6.94. The van der Waals surface area contributed by atoms with Gasteiger partial charge in [0.2, 0.25) is 15.5 Å². The number of anilines is 1. The van der Waals surface area contributed by atoms with Crippen LogP contribution in [0, 0.1) is 0 Å². The molecule has 0 amide bonds. The lowest BCUT2D eigenvalue weighted by molar-refractivity contribution is 0.209. The van der Waals surface area contributed by atoms with E-state index in [4.69, 9.17) is 4.98 Å². The molecule has 11 heteroatoms. The molecule has 0 spiro atoms. The van der Waals surface area contributed by atoms with Crippen LogP contribution >= 0.6 is 11.3 Å². The van der Waals surface area contributed by atoms with Crippen molar-refractivity contribution in [2.75, 3.05) is 44.2 Å². The molecule has 3 aromatic rings. The van der Waals surface area contributed by atoms with E-state index in [9.17, 15) is 13.2 Å². The van der Waals surface area contributed by atoms with Crippen molar-refractivity contribution in [3.63, 3.8) is 0 Å². The molecule has 9 nitrogen and oxygen atoms in total. The quantitative estimate of drug-likeness (QED) is 0.529. The molecule has 0 unspecified atom stereocenters. The van der Waals surface area contributed by atoms with Crippen molar-refractivity contribution >= 4 is 38.2 Å². The minimum absolute atomic E-state index is 0.211. The normalized spacial score (nSPS) is 18.7. The van der Waals surface area contributed by atoms with Crippen LogP contribution in [0.15, 0.2) is 39.6 Å². The standard InChI is InChI=1S/C23H30N6O3S2/c1-17(2)26-11-13-27(14-12-26)20-7-6-18-21(30)19(34(31,32)28-9-4-3-5-10-28)16-29(22(18)25-20)23-24-8-15-33-23/h6-8,15-17H,3-5,9-14H2,1-2H3. The van der Waals surface area contributed by atoms with Crippen molar-refractivity contribution in [3.05, 3.63) is 40.1 Å². The van der Waals surface area contributed by atoms with Crippen molar-refractivity contribution in [1.82, 2.24) is 23.7 Å². The SMILES string of the molecule is CC(C)N1CCN(c2ccc3c(=O)c(S(=O)(=O)N4CCCCC4)cn(-c4nccs4)c3n2)CC1. The summed E-state index contributed by atoms with van der Waals surface area (Å²) < 4.78 is 30.0. The highest BCUT2D eigenvalue weighted by Crippen LogP contribution is 2.25. The summed E-state index contributed by atoms with van der Waals surface area (Å²) in [5.41, 5.74) is -0.0709. The van der Waals surface area contributed by atoms with Gasteiger partial charge in [-0.1, -0.05) is 6.42 Å². The molecule has 0 bridgehead atoms. The van der Waals surface area contributed by atoms with Gasteiger partial charge in [0, 0.05) is 63.1 Å². The summed E-state index contributed by atoms with van der Waals surface area (Å²) in [4.78, 5) is 27.1. The second kappa shape index (κ2) is 9.37. The average molecular weight is 503 g/mol. The predicted octanol–water partition coefficient (Wildman–Crippen LogP) is 2.55. The highest BCUT2D eigenvalue weighted by atomic mass is 32.2. The van der Waals surface area contributed by atoms with Gasteiger partial charge in [0.15, 0.2) is 10.8 Å². The van der Waals surface area contributed by atoms with Crippen molar-refractivity contribution in [1.29, 1.82) is 0 Å². The Balaban J connectivity index is 1.61. The summed E-state index contributed by atoms with van der Waals surface area (Å²) in [7, 11) is -3.91. The highest BCUT2D eigenvalue weighted by Gasteiger charge is 2.31. The van der Waals surface area contributed by atoms with Crippen LogP contribution in [-0.2, 0) is 10.0 Å². The number of fused-ring (bicyclic) bond motifs is 1. The first-order valence-corrected chi connectivity index (χ1v) is 14.1. The summed E-state index contributed by atoms with van der Waals surface area (Å²) in [5, 5.41) is 2.69. The molecule has 0 aliphatic carbocycles. The molecule has 0 aromatic carbocycles. The molecule has 3 aromatic heterocycles. The van der Waals surface area contributed by atoms with Crippen molar-refractivity contribution in [2.45, 2.75) is 44.0 Å². The van der Waals surface area contributed by atoms with Crippen LogP contribution in [0.4, 0.5) is 5.82 Å². The molecule has 2 saturated heterocycles. The van der Waals surface area contributed by atoms with E-state index >= 15 is 0 Å². The molecule has 5 heterocycles. The Hall–Kier alpha value is -2.34. The van der Waals surface area contributed by atoms with Crippen molar-refractivity contribution in [3.8, 4) is 5.13 Å². The van der Waals surface area contributed by atoms with E-state index < -0.39 is 15.5 Å². The smallest absolute Gasteiger partial charge is 0.248 e. The zero-order chi connectivity index (χ0) is 23.9. The van der Waals surface area contributed by atoms with Crippen LogP contribution in [-0.4, -0.2) is 77.5 Å². The second-order valence-corrected chi connectivity index (χ2v) is 11.9. The van der Waals surface area contributed by atoms with E-state index in [0.29, 0.717) is 29.9 Å². The molecule has 2 aliphatic heterocycles. The highest BCUT2D eigenvalue weighted by molar-refractivity contribution is 7.89. The number of hydrogen-bond acceptors (Lipinski definition) is 8. The zero-order valence-electron chi connectivity index (χ0n) is 19.6. The molecular weight excluding hydrogens is 472 g/mol. The van der Waals surface area contributed by atoms with Crippen LogP contribution in [0.2, 0.25) is 0 Å². The van der Waals surface area contributed by atoms with Crippen LogP contribution in [0.3, 0.4) is 0 Å². The Kier molecular flexibility index (Phi) is 6.45. The maximum absolute atomic E-state index is 13.4. The third-order valence-corrected chi connectivity index (χ3v) is 9.39. The van der Waals surface area contributed by atoms with E-state index in [2.05, 4.69) is 28.6 Å². The van der Waals surface area contributed by atoms with Gasteiger partial charge in [0.1, 0.15) is 10.7 Å². The van der Waals surface area contributed by atoms with Crippen LogP contribution in [0.25, 0.3) is 16.2 Å². The molecule has 2 aliphatic rings. The van der Waals surface area contributed by atoms with Crippen molar-refractivity contribution in [2.24, 2.45) is 0 Å². The Morgan fingerprint density at radius 2 is 1.74 bits per heavy atom. The topological polar surface area (TPSA) is 91.6 Å². The number of rotatable bonds is 5. The zero-order valence-corrected chi connectivity index (χ0v) is 21.2. The number of pyridine rings is 2. The number of piperazine rings is 1. The Labute approximate surface area is 203 Å². The molecule has 34 heavy (non-hydrogen) atoms. The molecule has 0 saturated carbocycles. The fraction of sp³-hybridized carbons (Fsp3) is 0.522. The maximum Gasteiger partial charge on any atom is 0.248 e. The number of hydrogen-bond donors (Lipinski definition) is 0. The lowest BCUT2D eigenvalue weighted by Crippen LogP contribution is -2.49. The lowest BCUT2D eigenvalue weighted by atomic mass is 10.2. The minimum atomic E-state index is -3.91. The summed E-state index contributed by atoms with van der Waals surface area (Å²) in [6.07, 6.45) is 5.70. The number of thiazole rings is 1. The summed E-state index contributed by atoms with van der Waals surface area (Å²) in [6, 6.07) is 4.05. The van der Waals surface area contributed by atoms with E-state index in [1.165, 1.54) is 21.8 Å². The third kappa shape index (κ3) is 4.26. The van der Waals surface area contributed by atoms with Gasteiger partial charge in [-0.05, 0) is 38.8 Å². The van der Waals surface area contributed by atoms with Gasteiger partial charge in [-0.15, -0.1) is 11.3 Å². The van der Waals surface area contributed by atoms with E-state index in [0.717, 1.165) is 51.3 Å². The van der Waals surface area contributed by atoms with Gasteiger partial charge in [-0.25, -0.2) is 18.4 Å². The lowest BCUT2D eigenvalue weighted by Gasteiger charge is -2.37. The summed E-state index contributed by atoms with van der Waals surface area (Å²) >= 11 is 1.38. The van der Waals surface area contributed by atoms with E-state index in [1.54, 1.807) is 16.8 Å². The molecule has 5 rings (SSSR count). The van der Waals surface area contributed by atoms with Gasteiger partial charge in [0.25, 0.3) is 0 Å². The fourth-order valence-electron chi connectivity index (χ4n) is 4.72. The molecule has 0 N–H and O–H groups in total.